The molecule has 0 bridgehead atoms. The van der Waals surface area contributed by atoms with Crippen LogP contribution in [0, 0.1) is 0 Å². The molecule has 0 amide bonds. The molecule has 0 unspecified atom stereocenters. The van der Waals surface area contributed by atoms with Gasteiger partial charge in [0, 0.05) is 17.5 Å². The van der Waals surface area contributed by atoms with Crippen molar-refractivity contribution >= 4 is 21.9 Å². The summed E-state index contributed by atoms with van der Waals surface area (Å²) < 4.78 is 5.94. The van der Waals surface area contributed by atoms with E-state index in [1.54, 1.807) is 24.3 Å². The highest BCUT2D eigenvalue weighted by Crippen LogP contribution is 2.16. The second-order valence-corrected chi connectivity index (χ2v) is 3.67. The summed E-state index contributed by atoms with van der Waals surface area (Å²) in [6, 6.07) is 7.02. The number of aliphatic hydroxyl groups is 1. The lowest BCUT2D eigenvalue weighted by atomic mass is 10.3. The average molecular weight is 259 g/mol. The zero-order valence-corrected chi connectivity index (χ0v) is 9.16. The van der Waals surface area contributed by atoms with E-state index < -0.39 is 0 Å². The highest BCUT2D eigenvalue weighted by molar-refractivity contribution is 9.10. The Labute approximate surface area is 90.8 Å². The molecule has 0 aliphatic carbocycles. The molecule has 1 rings (SSSR count). The molecule has 0 heterocycles. The molecule has 0 atom stereocenters. The summed E-state index contributed by atoms with van der Waals surface area (Å²) in [5.74, 6) is 0.206. The van der Waals surface area contributed by atoms with Gasteiger partial charge < -0.3 is 9.84 Å². The van der Waals surface area contributed by atoms with Crippen molar-refractivity contribution in [1.29, 1.82) is 0 Å². The maximum atomic E-state index is 11.1. The monoisotopic (exact) mass is 258 g/mol. The summed E-state index contributed by atoms with van der Waals surface area (Å²) in [6.07, 6.45) is 0.682. The highest BCUT2D eigenvalue weighted by Gasteiger charge is 2.03. The van der Waals surface area contributed by atoms with Crippen molar-refractivity contribution in [3.8, 4) is 5.75 Å². The third kappa shape index (κ3) is 3.89. The van der Waals surface area contributed by atoms with Gasteiger partial charge in [0.15, 0.2) is 0 Å². The van der Waals surface area contributed by atoms with Gasteiger partial charge in [-0.05, 0) is 30.7 Å². The number of ether oxygens (including phenoxy) is 1. The molecule has 14 heavy (non-hydrogen) atoms. The van der Waals surface area contributed by atoms with E-state index in [0.29, 0.717) is 12.2 Å². The van der Waals surface area contributed by atoms with Crippen LogP contribution in [0.25, 0.3) is 0 Å². The maximum Gasteiger partial charge on any atom is 0.311 e. The molecule has 4 heteroatoms. The first kappa shape index (κ1) is 11.2. The first-order chi connectivity index (χ1) is 6.72. The van der Waals surface area contributed by atoms with E-state index in [1.807, 2.05) is 0 Å². The van der Waals surface area contributed by atoms with Crippen molar-refractivity contribution in [2.75, 3.05) is 6.61 Å². The van der Waals surface area contributed by atoms with Crippen molar-refractivity contribution in [1.82, 2.24) is 0 Å². The zero-order valence-electron chi connectivity index (χ0n) is 7.57. The van der Waals surface area contributed by atoms with Gasteiger partial charge in [-0.25, -0.2) is 0 Å². The van der Waals surface area contributed by atoms with Crippen LogP contribution in [-0.2, 0) is 4.79 Å². The van der Waals surface area contributed by atoms with Gasteiger partial charge in [-0.1, -0.05) is 15.9 Å². The molecule has 0 aromatic heterocycles. The molecular formula is C10H11BrO3. The topological polar surface area (TPSA) is 46.5 Å². The Balaban J connectivity index is 2.44. The fraction of sp³-hybridized carbons (Fsp3) is 0.300. The molecule has 0 saturated carbocycles. The van der Waals surface area contributed by atoms with Gasteiger partial charge in [0.25, 0.3) is 0 Å². The van der Waals surface area contributed by atoms with Gasteiger partial charge in [0.05, 0.1) is 0 Å². The Bertz CT molecular complexity index is 295. The normalized spacial score (nSPS) is 9.86. The van der Waals surface area contributed by atoms with Crippen LogP contribution in [0.2, 0.25) is 0 Å². The van der Waals surface area contributed by atoms with Crippen molar-refractivity contribution in [2.24, 2.45) is 0 Å². The summed E-state index contributed by atoms with van der Waals surface area (Å²) >= 11 is 3.28. The zero-order chi connectivity index (χ0) is 10.4. The van der Waals surface area contributed by atoms with E-state index in [2.05, 4.69) is 15.9 Å². The van der Waals surface area contributed by atoms with Gasteiger partial charge >= 0.3 is 5.97 Å². The summed E-state index contributed by atoms with van der Waals surface area (Å²) in [5, 5.41) is 8.50. The number of carbonyl (C=O) groups is 1. The third-order valence-electron chi connectivity index (χ3n) is 1.58. The molecule has 1 aromatic carbocycles. The lowest BCUT2D eigenvalue weighted by Crippen LogP contribution is -2.08. The number of hydrogen-bond donors (Lipinski definition) is 1. The van der Waals surface area contributed by atoms with Crippen molar-refractivity contribution in [3.63, 3.8) is 0 Å². The first-order valence-corrected chi connectivity index (χ1v) is 5.09. The molecule has 0 fully saturated rings. The largest absolute Gasteiger partial charge is 0.427 e. The van der Waals surface area contributed by atoms with Crippen molar-refractivity contribution in [3.05, 3.63) is 28.7 Å². The SMILES string of the molecule is O=C(CCCO)Oc1ccc(Br)cc1. The number of aliphatic hydroxyl groups excluding tert-OH is 1. The van der Waals surface area contributed by atoms with Crippen LogP contribution in [0.3, 0.4) is 0 Å². The van der Waals surface area contributed by atoms with Crippen LogP contribution in [0.5, 0.6) is 5.75 Å². The van der Waals surface area contributed by atoms with Crippen molar-refractivity contribution in [2.45, 2.75) is 12.8 Å². The number of halogens is 1. The van der Waals surface area contributed by atoms with Crippen LogP contribution >= 0.6 is 15.9 Å². The summed E-state index contributed by atoms with van der Waals surface area (Å²) in [7, 11) is 0. The minimum absolute atomic E-state index is 0.00936. The van der Waals surface area contributed by atoms with E-state index in [9.17, 15) is 4.79 Å². The fourth-order valence-corrected chi connectivity index (χ4v) is 1.17. The van der Waals surface area contributed by atoms with Crippen LogP contribution in [-0.4, -0.2) is 17.7 Å². The Morgan fingerprint density at radius 3 is 2.57 bits per heavy atom. The van der Waals surface area contributed by atoms with E-state index in [0.717, 1.165) is 4.47 Å². The average Bonchev–Trinajstić information content (AvgIpc) is 2.18. The summed E-state index contributed by atoms with van der Waals surface area (Å²) in [4.78, 5) is 11.1. The molecule has 0 aliphatic rings. The number of carbonyl (C=O) groups excluding carboxylic acids is 1. The molecule has 1 N–H and O–H groups in total. The predicted molar refractivity (Wildman–Crippen MR) is 56.1 cm³/mol. The Hall–Kier alpha value is -0.870. The van der Waals surface area contributed by atoms with Gasteiger partial charge in [-0.3, -0.25) is 4.79 Å². The summed E-state index contributed by atoms with van der Waals surface area (Å²) in [6.45, 7) is 0.00936. The van der Waals surface area contributed by atoms with Crippen molar-refractivity contribution < 1.29 is 14.6 Å². The quantitative estimate of drug-likeness (QED) is 0.665. The number of hydrogen-bond acceptors (Lipinski definition) is 3. The first-order valence-electron chi connectivity index (χ1n) is 4.29. The second-order valence-electron chi connectivity index (χ2n) is 2.76. The van der Waals surface area contributed by atoms with E-state index in [-0.39, 0.29) is 19.0 Å². The fourth-order valence-electron chi connectivity index (χ4n) is 0.909. The smallest absolute Gasteiger partial charge is 0.311 e. The van der Waals surface area contributed by atoms with E-state index >= 15 is 0 Å². The van der Waals surface area contributed by atoms with Gasteiger partial charge in [0.1, 0.15) is 5.75 Å². The lowest BCUT2D eigenvalue weighted by molar-refractivity contribution is -0.134. The predicted octanol–water partition coefficient (Wildman–Crippen LogP) is 2.13. The number of esters is 1. The number of rotatable bonds is 4. The van der Waals surface area contributed by atoms with E-state index in [4.69, 9.17) is 9.84 Å². The maximum absolute atomic E-state index is 11.1. The molecule has 0 spiro atoms. The molecule has 0 radical (unpaired) electrons. The molecule has 0 saturated heterocycles. The van der Waals surface area contributed by atoms with Crippen LogP contribution in [0.1, 0.15) is 12.8 Å². The van der Waals surface area contributed by atoms with Crippen LogP contribution in [0.4, 0.5) is 0 Å². The minimum atomic E-state index is -0.318. The highest BCUT2D eigenvalue weighted by atomic mass is 79.9. The third-order valence-corrected chi connectivity index (χ3v) is 2.11. The van der Waals surface area contributed by atoms with Crippen LogP contribution < -0.4 is 4.74 Å². The summed E-state index contributed by atoms with van der Waals surface area (Å²) in [5.41, 5.74) is 0. The van der Waals surface area contributed by atoms with Crippen LogP contribution in [0.15, 0.2) is 28.7 Å². The molecule has 0 aliphatic heterocycles. The molecule has 3 nitrogen and oxygen atoms in total. The van der Waals surface area contributed by atoms with Gasteiger partial charge in [-0.15, -0.1) is 0 Å². The van der Waals surface area contributed by atoms with E-state index in [1.165, 1.54) is 0 Å². The standard InChI is InChI=1S/C10H11BrO3/c11-8-3-5-9(6-4-8)14-10(13)2-1-7-12/h3-6,12H,1-2,7H2. The minimum Gasteiger partial charge on any atom is -0.427 e. The molecular weight excluding hydrogens is 248 g/mol. The van der Waals surface area contributed by atoms with Gasteiger partial charge in [-0.2, -0.15) is 0 Å². The molecule has 76 valence electrons. The Morgan fingerprint density at radius 1 is 1.36 bits per heavy atom. The number of benzene rings is 1. The Kier molecular flexibility index (Phi) is 4.62. The second kappa shape index (κ2) is 5.78. The lowest BCUT2D eigenvalue weighted by Gasteiger charge is -2.02. The Morgan fingerprint density at radius 2 is 2.00 bits per heavy atom. The molecule has 1 aromatic rings. The van der Waals surface area contributed by atoms with Gasteiger partial charge in [0.2, 0.25) is 0 Å².